The summed E-state index contributed by atoms with van der Waals surface area (Å²) in [6, 6.07) is 9.79. The lowest BCUT2D eigenvalue weighted by molar-refractivity contribution is 0.0746. The number of carbonyl (C=O) groups is 1. The van der Waals surface area contributed by atoms with Gasteiger partial charge >= 0.3 is 0 Å². The molecule has 142 valence electrons. The van der Waals surface area contributed by atoms with E-state index in [2.05, 4.69) is 20.0 Å². The molecule has 3 heterocycles. The number of piperidine rings is 1. The molecule has 2 fully saturated rings. The summed E-state index contributed by atoms with van der Waals surface area (Å²) in [4.78, 5) is 18.8. The maximum atomic E-state index is 13.0. The van der Waals surface area contributed by atoms with Gasteiger partial charge in [-0.2, -0.15) is 0 Å². The second kappa shape index (κ2) is 7.90. The maximum absolute atomic E-state index is 13.0. The van der Waals surface area contributed by atoms with Crippen LogP contribution >= 0.6 is 0 Å². The summed E-state index contributed by atoms with van der Waals surface area (Å²) in [6.45, 7) is 4.77. The Morgan fingerprint density at radius 3 is 1.85 bits per heavy atom. The van der Waals surface area contributed by atoms with Gasteiger partial charge in [0.1, 0.15) is 5.82 Å². The van der Waals surface area contributed by atoms with E-state index < -0.39 is 0 Å². The highest BCUT2D eigenvalue weighted by atomic mass is 19.1. The fourth-order valence-electron chi connectivity index (χ4n) is 3.69. The van der Waals surface area contributed by atoms with E-state index in [0.717, 1.165) is 24.7 Å². The number of halogens is 1. The first-order valence-electron chi connectivity index (χ1n) is 9.59. The molecule has 0 N–H and O–H groups in total. The zero-order valence-electron chi connectivity index (χ0n) is 15.4. The number of piperazine rings is 1. The van der Waals surface area contributed by atoms with Crippen molar-refractivity contribution in [1.82, 2.24) is 15.1 Å². The van der Waals surface area contributed by atoms with Crippen LogP contribution in [0.3, 0.4) is 0 Å². The van der Waals surface area contributed by atoms with Crippen LogP contribution < -0.4 is 9.80 Å². The molecule has 2 saturated heterocycles. The first-order chi connectivity index (χ1) is 13.2. The Kier molecular flexibility index (Phi) is 5.18. The van der Waals surface area contributed by atoms with Gasteiger partial charge in [0.15, 0.2) is 11.6 Å². The van der Waals surface area contributed by atoms with Gasteiger partial charge in [-0.05, 0) is 55.7 Å². The quantitative estimate of drug-likeness (QED) is 0.832. The predicted molar refractivity (Wildman–Crippen MR) is 103 cm³/mol. The molecule has 4 rings (SSSR count). The third-order valence-electron chi connectivity index (χ3n) is 5.30. The fourth-order valence-corrected chi connectivity index (χ4v) is 3.69. The summed E-state index contributed by atoms with van der Waals surface area (Å²) in [7, 11) is 0. The van der Waals surface area contributed by atoms with Gasteiger partial charge in [0.05, 0.1) is 0 Å². The molecule has 0 radical (unpaired) electrons. The van der Waals surface area contributed by atoms with Crippen LogP contribution in [-0.2, 0) is 0 Å². The highest BCUT2D eigenvalue weighted by molar-refractivity contribution is 5.94. The van der Waals surface area contributed by atoms with Crippen molar-refractivity contribution in [3.8, 4) is 0 Å². The number of aromatic nitrogens is 2. The van der Waals surface area contributed by atoms with Crippen LogP contribution in [0.15, 0.2) is 36.4 Å². The molecule has 0 unspecified atom stereocenters. The Balaban J connectivity index is 1.34. The lowest BCUT2D eigenvalue weighted by Gasteiger charge is -2.35. The van der Waals surface area contributed by atoms with Crippen molar-refractivity contribution in [2.24, 2.45) is 0 Å². The zero-order chi connectivity index (χ0) is 18.6. The Labute approximate surface area is 158 Å². The number of amides is 1. The summed E-state index contributed by atoms with van der Waals surface area (Å²) in [5.74, 6) is 1.41. The molecule has 1 aromatic heterocycles. The normalized spacial score (nSPS) is 17.9. The van der Waals surface area contributed by atoms with Gasteiger partial charge in [0.2, 0.25) is 0 Å². The highest BCUT2D eigenvalue weighted by Gasteiger charge is 2.23. The zero-order valence-corrected chi connectivity index (χ0v) is 15.4. The van der Waals surface area contributed by atoms with Crippen LogP contribution in [0.5, 0.6) is 0 Å². The Hall–Kier alpha value is -2.70. The van der Waals surface area contributed by atoms with Crippen LogP contribution in [-0.4, -0.2) is 60.3 Å². The first-order valence-corrected chi connectivity index (χ1v) is 9.59. The Morgan fingerprint density at radius 1 is 0.741 bits per heavy atom. The highest BCUT2D eigenvalue weighted by Crippen LogP contribution is 2.20. The van der Waals surface area contributed by atoms with E-state index in [0.29, 0.717) is 31.7 Å². The SMILES string of the molecule is O=C(c1ccc(F)cc1)N1CCN(c2ccc(N3CCCCC3)nn2)CC1. The molecule has 0 bridgehead atoms. The fraction of sp³-hybridized carbons (Fsp3) is 0.450. The summed E-state index contributed by atoms with van der Waals surface area (Å²) in [5.41, 5.74) is 0.524. The molecule has 2 aliphatic heterocycles. The number of carbonyl (C=O) groups excluding carboxylic acids is 1. The van der Waals surface area contributed by atoms with Gasteiger partial charge in [-0.1, -0.05) is 0 Å². The smallest absolute Gasteiger partial charge is 0.253 e. The number of benzene rings is 1. The molecular formula is C20H24FN5O. The second-order valence-electron chi connectivity index (χ2n) is 7.08. The molecule has 0 aliphatic carbocycles. The van der Waals surface area contributed by atoms with Crippen LogP contribution in [0.4, 0.5) is 16.0 Å². The van der Waals surface area contributed by atoms with Gasteiger partial charge in [0.25, 0.3) is 5.91 Å². The lowest BCUT2D eigenvalue weighted by Crippen LogP contribution is -2.49. The molecule has 0 spiro atoms. The van der Waals surface area contributed by atoms with Crippen molar-refractivity contribution in [3.05, 3.63) is 47.8 Å². The first kappa shape index (κ1) is 17.7. The number of hydrogen-bond donors (Lipinski definition) is 0. The minimum atomic E-state index is -0.331. The van der Waals surface area contributed by atoms with E-state index in [4.69, 9.17) is 0 Å². The van der Waals surface area contributed by atoms with Crippen LogP contribution in [0, 0.1) is 5.82 Å². The minimum absolute atomic E-state index is 0.0545. The molecule has 1 aromatic carbocycles. The maximum Gasteiger partial charge on any atom is 0.253 e. The molecule has 27 heavy (non-hydrogen) atoms. The molecule has 0 saturated carbocycles. The van der Waals surface area contributed by atoms with Crippen molar-refractivity contribution in [2.75, 3.05) is 49.1 Å². The summed E-state index contributed by atoms with van der Waals surface area (Å²) in [6.07, 6.45) is 3.73. The van der Waals surface area contributed by atoms with Gasteiger partial charge in [-0.15, -0.1) is 10.2 Å². The largest absolute Gasteiger partial charge is 0.355 e. The van der Waals surface area contributed by atoms with Crippen molar-refractivity contribution in [3.63, 3.8) is 0 Å². The van der Waals surface area contributed by atoms with Gasteiger partial charge in [-0.25, -0.2) is 4.39 Å². The molecular weight excluding hydrogens is 345 g/mol. The molecule has 6 nitrogen and oxygen atoms in total. The van der Waals surface area contributed by atoms with Crippen molar-refractivity contribution < 1.29 is 9.18 Å². The van der Waals surface area contributed by atoms with Crippen molar-refractivity contribution >= 4 is 17.5 Å². The number of nitrogens with zero attached hydrogens (tertiary/aromatic N) is 5. The van der Waals surface area contributed by atoms with Gasteiger partial charge in [0, 0.05) is 44.8 Å². The van der Waals surface area contributed by atoms with E-state index in [-0.39, 0.29) is 11.7 Å². The third kappa shape index (κ3) is 4.02. The van der Waals surface area contributed by atoms with E-state index in [1.54, 1.807) is 4.90 Å². The Morgan fingerprint density at radius 2 is 1.30 bits per heavy atom. The lowest BCUT2D eigenvalue weighted by atomic mass is 10.1. The van der Waals surface area contributed by atoms with E-state index in [1.807, 2.05) is 12.1 Å². The topological polar surface area (TPSA) is 52.6 Å². The summed E-state index contributed by atoms with van der Waals surface area (Å²) in [5, 5.41) is 8.81. The molecule has 2 aliphatic rings. The minimum Gasteiger partial charge on any atom is -0.355 e. The Bertz CT molecular complexity index is 766. The van der Waals surface area contributed by atoms with Crippen molar-refractivity contribution in [1.29, 1.82) is 0 Å². The monoisotopic (exact) mass is 369 g/mol. The molecule has 2 aromatic rings. The van der Waals surface area contributed by atoms with Crippen LogP contribution in [0.1, 0.15) is 29.6 Å². The molecule has 1 amide bonds. The summed E-state index contributed by atoms with van der Waals surface area (Å²) >= 11 is 0. The average Bonchev–Trinajstić information content (AvgIpc) is 2.75. The third-order valence-corrected chi connectivity index (χ3v) is 5.30. The van der Waals surface area contributed by atoms with Crippen LogP contribution in [0.2, 0.25) is 0 Å². The summed E-state index contributed by atoms with van der Waals surface area (Å²) < 4.78 is 13.0. The average molecular weight is 369 g/mol. The number of anilines is 2. The van der Waals surface area contributed by atoms with Crippen molar-refractivity contribution in [2.45, 2.75) is 19.3 Å². The molecule has 0 atom stereocenters. The van der Waals surface area contributed by atoms with Gasteiger partial charge < -0.3 is 14.7 Å². The number of rotatable bonds is 3. The second-order valence-corrected chi connectivity index (χ2v) is 7.08. The molecule has 7 heteroatoms. The van der Waals surface area contributed by atoms with E-state index >= 15 is 0 Å². The standard InChI is InChI=1S/C20H24FN5O/c21-17-6-4-16(5-7-17)20(27)26-14-12-25(13-15-26)19-9-8-18(22-23-19)24-10-2-1-3-11-24/h4-9H,1-3,10-15H2. The predicted octanol–water partition coefficient (Wildman–Crippen LogP) is 2.57. The van der Waals surface area contributed by atoms with E-state index in [9.17, 15) is 9.18 Å². The van der Waals surface area contributed by atoms with Crippen LogP contribution in [0.25, 0.3) is 0 Å². The van der Waals surface area contributed by atoms with E-state index in [1.165, 1.54) is 43.5 Å². The number of hydrogen-bond acceptors (Lipinski definition) is 5. The van der Waals surface area contributed by atoms with Gasteiger partial charge in [-0.3, -0.25) is 4.79 Å².